The average Bonchev–Trinajstić information content (AvgIpc) is 2.31. The molecule has 2 rings (SSSR count). The number of nitrogen functional groups attached to an aromatic ring is 1. The van der Waals surface area contributed by atoms with E-state index in [4.69, 9.17) is 11.0 Å². The predicted octanol–water partition coefficient (Wildman–Crippen LogP) is 3.88. The summed E-state index contributed by atoms with van der Waals surface area (Å²) in [4.78, 5) is 0. The summed E-state index contributed by atoms with van der Waals surface area (Å²) in [5.41, 5.74) is 10.0. The second kappa shape index (κ2) is 4.60. The first-order valence-corrected chi connectivity index (χ1v) is 5.97. The lowest BCUT2D eigenvalue weighted by atomic mass is 9.97. The van der Waals surface area contributed by atoms with Crippen LogP contribution in [0.3, 0.4) is 0 Å². The Bertz CT molecular complexity index is 595. The quantitative estimate of drug-likeness (QED) is 0.809. The molecule has 0 fully saturated rings. The Kier molecular flexibility index (Phi) is 3.16. The maximum Gasteiger partial charge on any atom is 0.101 e. The van der Waals surface area contributed by atoms with E-state index >= 15 is 0 Å². The molecule has 0 saturated carbocycles. The van der Waals surface area contributed by atoms with Crippen molar-refractivity contribution in [1.29, 1.82) is 5.26 Å². The summed E-state index contributed by atoms with van der Waals surface area (Å²) in [6, 6.07) is 13.8. The summed E-state index contributed by atoms with van der Waals surface area (Å²) < 4.78 is 1.04. The van der Waals surface area contributed by atoms with Gasteiger partial charge in [-0.2, -0.15) is 5.26 Å². The van der Waals surface area contributed by atoms with Gasteiger partial charge in [0.25, 0.3) is 0 Å². The minimum Gasteiger partial charge on any atom is -0.398 e. The fraction of sp³-hybridized carbons (Fsp3) is 0.0714. The van der Waals surface area contributed by atoms with Crippen LogP contribution in [0.4, 0.5) is 5.69 Å². The lowest BCUT2D eigenvalue weighted by molar-refractivity contribution is 1.42. The van der Waals surface area contributed by atoms with E-state index in [9.17, 15) is 0 Å². The lowest BCUT2D eigenvalue weighted by Gasteiger charge is -2.08. The van der Waals surface area contributed by atoms with Gasteiger partial charge >= 0.3 is 0 Å². The minimum atomic E-state index is 0.522. The van der Waals surface area contributed by atoms with Crippen LogP contribution < -0.4 is 5.73 Å². The van der Waals surface area contributed by atoms with Crippen molar-refractivity contribution in [1.82, 2.24) is 0 Å². The van der Waals surface area contributed by atoms with Crippen molar-refractivity contribution in [2.75, 3.05) is 5.73 Å². The second-order valence-electron chi connectivity index (χ2n) is 3.87. The standard InChI is InChI=1S/C14H11BrN2/c1-9-6-14(17)11(8-16)7-13(9)10-2-4-12(15)5-3-10/h2-7H,17H2,1H3. The Hall–Kier alpha value is -1.79. The Morgan fingerprint density at radius 3 is 2.41 bits per heavy atom. The number of hydrogen-bond donors (Lipinski definition) is 1. The van der Waals surface area contributed by atoms with Gasteiger partial charge in [0.1, 0.15) is 6.07 Å². The van der Waals surface area contributed by atoms with Gasteiger partial charge in [-0.15, -0.1) is 0 Å². The molecule has 0 bridgehead atoms. The molecule has 0 spiro atoms. The van der Waals surface area contributed by atoms with E-state index in [1.54, 1.807) is 0 Å². The third-order valence-electron chi connectivity index (χ3n) is 2.67. The fourth-order valence-corrected chi connectivity index (χ4v) is 2.03. The van der Waals surface area contributed by atoms with E-state index in [1.807, 2.05) is 43.3 Å². The molecule has 2 nitrogen and oxygen atoms in total. The van der Waals surface area contributed by atoms with E-state index in [-0.39, 0.29) is 0 Å². The molecule has 0 aromatic heterocycles. The molecule has 0 atom stereocenters. The summed E-state index contributed by atoms with van der Waals surface area (Å²) in [6.45, 7) is 1.99. The summed E-state index contributed by atoms with van der Waals surface area (Å²) >= 11 is 3.40. The van der Waals surface area contributed by atoms with Gasteiger partial charge in [0.15, 0.2) is 0 Å². The van der Waals surface area contributed by atoms with E-state index in [0.717, 1.165) is 21.2 Å². The third kappa shape index (κ3) is 2.32. The number of nitrogens with two attached hydrogens (primary N) is 1. The monoisotopic (exact) mass is 286 g/mol. The average molecular weight is 287 g/mol. The summed E-state index contributed by atoms with van der Waals surface area (Å²) in [6.07, 6.45) is 0. The van der Waals surface area contributed by atoms with Crippen LogP contribution in [0.5, 0.6) is 0 Å². The van der Waals surface area contributed by atoms with Crippen LogP contribution in [-0.4, -0.2) is 0 Å². The van der Waals surface area contributed by atoms with Gasteiger partial charge in [-0.1, -0.05) is 28.1 Å². The molecular formula is C14H11BrN2. The first-order valence-electron chi connectivity index (χ1n) is 5.18. The zero-order valence-corrected chi connectivity index (χ0v) is 11.0. The number of hydrogen-bond acceptors (Lipinski definition) is 2. The van der Waals surface area contributed by atoms with Crippen molar-refractivity contribution in [3.8, 4) is 17.2 Å². The first kappa shape index (κ1) is 11.7. The van der Waals surface area contributed by atoms with Gasteiger partial charge in [0.05, 0.1) is 5.56 Å². The number of aryl methyl sites for hydroxylation is 1. The number of rotatable bonds is 1. The van der Waals surface area contributed by atoms with E-state index in [0.29, 0.717) is 11.3 Å². The molecule has 0 aliphatic heterocycles. The normalized spacial score (nSPS) is 9.94. The fourth-order valence-electron chi connectivity index (χ4n) is 1.77. The maximum absolute atomic E-state index is 8.99. The first-order chi connectivity index (χ1) is 8.11. The lowest BCUT2D eigenvalue weighted by Crippen LogP contribution is -1.93. The zero-order valence-electron chi connectivity index (χ0n) is 9.37. The molecule has 17 heavy (non-hydrogen) atoms. The molecule has 2 aromatic rings. The molecule has 0 heterocycles. The predicted molar refractivity (Wildman–Crippen MR) is 73.4 cm³/mol. The van der Waals surface area contributed by atoms with E-state index < -0.39 is 0 Å². The third-order valence-corrected chi connectivity index (χ3v) is 3.20. The molecule has 0 aliphatic rings. The zero-order chi connectivity index (χ0) is 12.4. The van der Waals surface area contributed by atoms with Crippen LogP contribution >= 0.6 is 15.9 Å². The molecule has 0 unspecified atom stereocenters. The minimum absolute atomic E-state index is 0.522. The molecule has 0 amide bonds. The molecule has 2 N–H and O–H groups in total. The van der Waals surface area contributed by atoms with Crippen molar-refractivity contribution in [3.05, 3.63) is 52.0 Å². The van der Waals surface area contributed by atoms with Crippen LogP contribution in [0, 0.1) is 18.3 Å². The van der Waals surface area contributed by atoms with Gasteiger partial charge in [-0.25, -0.2) is 0 Å². The van der Waals surface area contributed by atoms with Gasteiger partial charge in [-0.3, -0.25) is 0 Å². The SMILES string of the molecule is Cc1cc(N)c(C#N)cc1-c1ccc(Br)cc1. The van der Waals surface area contributed by atoms with Crippen molar-refractivity contribution >= 4 is 21.6 Å². The van der Waals surface area contributed by atoms with Crippen molar-refractivity contribution in [3.63, 3.8) is 0 Å². The molecule has 0 saturated heterocycles. The molecule has 3 heteroatoms. The number of nitrogens with zero attached hydrogens (tertiary/aromatic N) is 1. The smallest absolute Gasteiger partial charge is 0.101 e. The molecule has 0 aliphatic carbocycles. The molecule has 84 valence electrons. The van der Waals surface area contributed by atoms with Gasteiger partial charge in [-0.05, 0) is 47.9 Å². The Morgan fingerprint density at radius 1 is 1.18 bits per heavy atom. The van der Waals surface area contributed by atoms with E-state index in [2.05, 4.69) is 22.0 Å². The highest BCUT2D eigenvalue weighted by atomic mass is 79.9. The highest BCUT2D eigenvalue weighted by molar-refractivity contribution is 9.10. The number of nitriles is 1. The summed E-state index contributed by atoms with van der Waals surface area (Å²) in [5, 5.41) is 8.99. The summed E-state index contributed by atoms with van der Waals surface area (Å²) in [7, 11) is 0. The molecular weight excluding hydrogens is 276 g/mol. The van der Waals surface area contributed by atoms with Gasteiger partial charge in [0, 0.05) is 10.2 Å². The van der Waals surface area contributed by atoms with Crippen LogP contribution in [-0.2, 0) is 0 Å². The van der Waals surface area contributed by atoms with Crippen molar-refractivity contribution in [2.45, 2.75) is 6.92 Å². The topological polar surface area (TPSA) is 49.8 Å². The summed E-state index contributed by atoms with van der Waals surface area (Å²) in [5.74, 6) is 0. The molecule has 0 radical (unpaired) electrons. The molecule has 2 aromatic carbocycles. The van der Waals surface area contributed by atoms with Crippen LogP contribution in [0.25, 0.3) is 11.1 Å². The Balaban J connectivity index is 2.60. The number of benzene rings is 2. The van der Waals surface area contributed by atoms with Gasteiger partial charge in [0.2, 0.25) is 0 Å². The Morgan fingerprint density at radius 2 is 1.82 bits per heavy atom. The van der Waals surface area contributed by atoms with Crippen molar-refractivity contribution in [2.24, 2.45) is 0 Å². The highest BCUT2D eigenvalue weighted by Crippen LogP contribution is 2.28. The highest BCUT2D eigenvalue weighted by Gasteiger charge is 2.06. The van der Waals surface area contributed by atoms with Crippen molar-refractivity contribution < 1.29 is 0 Å². The maximum atomic E-state index is 8.99. The second-order valence-corrected chi connectivity index (χ2v) is 4.79. The van der Waals surface area contributed by atoms with Crippen LogP contribution in [0.15, 0.2) is 40.9 Å². The number of anilines is 1. The Labute approximate surface area is 109 Å². The van der Waals surface area contributed by atoms with Crippen LogP contribution in [0.2, 0.25) is 0 Å². The van der Waals surface area contributed by atoms with E-state index in [1.165, 1.54) is 0 Å². The van der Waals surface area contributed by atoms with Crippen LogP contribution in [0.1, 0.15) is 11.1 Å². The largest absolute Gasteiger partial charge is 0.398 e. The number of halogens is 1. The van der Waals surface area contributed by atoms with Gasteiger partial charge < -0.3 is 5.73 Å².